The Morgan fingerprint density at radius 2 is 1.84 bits per heavy atom. The van der Waals surface area contributed by atoms with Crippen LogP contribution >= 0.6 is 11.6 Å². The Labute approximate surface area is 114 Å². The largest absolute Gasteiger partial charge is 0.382 e. The van der Waals surface area contributed by atoms with Crippen LogP contribution in [0.3, 0.4) is 0 Å². The van der Waals surface area contributed by atoms with Crippen molar-refractivity contribution in [3.05, 3.63) is 41.6 Å². The first-order valence-corrected chi connectivity index (χ1v) is 5.97. The molecular weight excluding hydrogens is 262 g/mol. The van der Waals surface area contributed by atoms with Crippen LogP contribution < -0.4 is 11.5 Å². The van der Waals surface area contributed by atoms with E-state index >= 15 is 0 Å². The minimum absolute atomic E-state index is 0.286. The van der Waals surface area contributed by atoms with Crippen molar-refractivity contribution < 1.29 is 0 Å². The Morgan fingerprint density at radius 3 is 2.68 bits per heavy atom. The third kappa shape index (κ3) is 1.94. The molecule has 4 N–H and O–H groups in total. The zero-order valence-electron chi connectivity index (χ0n) is 9.84. The van der Waals surface area contributed by atoms with Gasteiger partial charge in [0.15, 0.2) is 5.82 Å². The molecule has 0 amide bonds. The molecule has 5 nitrogen and oxygen atoms in total. The monoisotopic (exact) mass is 271 g/mol. The van der Waals surface area contributed by atoms with Crippen molar-refractivity contribution in [3.8, 4) is 11.3 Å². The van der Waals surface area contributed by atoms with Gasteiger partial charge in [-0.1, -0.05) is 23.7 Å². The molecule has 0 radical (unpaired) electrons. The number of benzene rings is 1. The Bertz CT molecular complexity index is 772. The maximum atomic E-state index is 6.18. The minimum Gasteiger partial charge on any atom is -0.382 e. The number of anilines is 2. The predicted molar refractivity (Wildman–Crippen MR) is 76.6 cm³/mol. The molecule has 0 saturated carbocycles. The van der Waals surface area contributed by atoms with Crippen LogP contribution in [0.25, 0.3) is 22.0 Å². The first-order valence-electron chi connectivity index (χ1n) is 5.59. The minimum atomic E-state index is 0.286. The van der Waals surface area contributed by atoms with Gasteiger partial charge in [-0.2, -0.15) is 0 Å². The normalized spacial score (nSPS) is 10.8. The van der Waals surface area contributed by atoms with E-state index in [1.165, 1.54) is 0 Å². The van der Waals surface area contributed by atoms with Gasteiger partial charge in [0.25, 0.3) is 0 Å². The van der Waals surface area contributed by atoms with Crippen LogP contribution in [0.2, 0.25) is 5.02 Å². The summed E-state index contributed by atoms with van der Waals surface area (Å²) in [5.74, 6) is 0.583. The highest BCUT2D eigenvalue weighted by Gasteiger charge is 2.11. The van der Waals surface area contributed by atoms with E-state index in [0.717, 1.165) is 10.8 Å². The number of nitrogen functional groups attached to an aromatic ring is 2. The predicted octanol–water partition coefficient (Wildman–Crippen LogP) is 2.51. The van der Waals surface area contributed by atoms with Crippen LogP contribution in [0.15, 0.2) is 36.5 Å². The highest BCUT2D eigenvalue weighted by Crippen LogP contribution is 2.32. The van der Waals surface area contributed by atoms with Gasteiger partial charge in [-0.15, -0.1) is 10.2 Å². The maximum absolute atomic E-state index is 6.18. The number of halogens is 1. The number of hydrogen-bond acceptors (Lipinski definition) is 5. The van der Waals surface area contributed by atoms with Gasteiger partial charge >= 0.3 is 0 Å². The molecule has 6 heteroatoms. The summed E-state index contributed by atoms with van der Waals surface area (Å²) >= 11 is 6.18. The molecule has 2 heterocycles. The highest BCUT2D eigenvalue weighted by molar-refractivity contribution is 6.35. The van der Waals surface area contributed by atoms with E-state index in [1.807, 2.05) is 24.3 Å². The van der Waals surface area contributed by atoms with Crippen LogP contribution in [-0.4, -0.2) is 15.2 Å². The Hall–Kier alpha value is -2.40. The van der Waals surface area contributed by atoms with Crippen LogP contribution in [-0.2, 0) is 0 Å². The van der Waals surface area contributed by atoms with Crippen molar-refractivity contribution in [2.45, 2.75) is 0 Å². The summed E-state index contributed by atoms with van der Waals surface area (Å²) in [6, 6.07) is 9.14. The van der Waals surface area contributed by atoms with Gasteiger partial charge in [0.05, 0.1) is 5.69 Å². The van der Waals surface area contributed by atoms with E-state index in [9.17, 15) is 0 Å². The fourth-order valence-electron chi connectivity index (χ4n) is 1.99. The molecule has 0 aliphatic carbocycles. The molecule has 0 aliphatic rings. The topological polar surface area (TPSA) is 90.7 Å². The van der Waals surface area contributed by atoms with E-state index in [4.69, 9.17) is 23.1 Å². The first-order chi connectivity index (χ1) is 9.16. The number of fused-ring (bicyclic) bond motifs is 1. The van der Waals surface area contributed by atoms with Crippen molar-refractivity contribution in [2.24, 2.45) is 0 Å². The van der Waals surface area contributed by atoms with Crippen LogP contribution in [0.5, 0.6) is 0 Å². The van der Waals surface area contributed by atoms with E-state index in [1.54, 1.807) is 12.3 Å². The van der Waals surface area contributed by atoms with Gasteiger partial charge in [-0.25, -0.2) is 0 Å². The number of rotatable bonds is 1. The van der Waals surface area contributed by atoms with Gasteiger partial charge in [0, 0.05) is 27.6 Å². The molecule has 0 spiro atoms. The second-order valence-electron chi connectivity index (χ2n) is 4.06. The summed E-state index contributed by atoms with van der Waals surface area (Å²) in [6.45, 7) is 0. The van der Waals surface area contributed by atoms with Crippen molar-refractivity contribution >= 4 is 34.0 Å². The SMILES string of the molecule is Nc1cc(-c2nccc3c(Cl)cccc23)c(N)nn1. The number of pyridine rings is 1. The Morgan fingerprint density at radius 1 is 1.00 bits per heavy atom. The van der Waals surface area contributed by atoms with E-state index in [-0.39, 0.29) is 5.82 Å². The zero-order valence-corrected chi connectivity index (χ0v) is 10.6. The van der Waals surface area contributed by atoms with Crippen molar-refractivity contribution in [2.75, 3.05) is 11.5 Å². The number of nitrogens with two attached hydrogens (primary N) is 2. The van der Waals surface area contributed by atoms with Crippen LogP contribution in [0.4, 0.5) is 11.6 Å². The molecule has 0 fully saturated rings. The second-order valence-corrected chi connectivity index (χ2v) is 4.47. The standard InChI is InChI=1S/C13H10ClN5/c14-10-3-1-2-8-7(10)4-5-17-12(8)9-6-11(15)18-19-13(9)16/h1-6H,(H2,15,18)(H2,16,19). The summed E-state index contributed by atoms with van der Waals surface area (Å²) in [5, 5.41) is 9.99. The summed E-state index contributed by atoms with van der Waals surface area (Å²) in [4.78, 5) is 4.36. The van der Waals surface area contributed by atoms with Gasteiger partial charge in [-0.3, -0.25) is 4.98 Å². The van der Waals surface area contributed by atoms with Crippen LogP contribution in [0, 0.1) is 0 Å². The molecule has 0 unspecified atom stereocenters. The molecule has 0 atom stereocenters. The number of hydrogen-bond donors (Lipinski definition) is 2. The molecule has 94 valence electrons. The summed E-state index contributed by atoms with van der Waals surface area (Å²) < 4.78 is 0. The maximum Gasteiger partial charge on any atom is 0.155 e. The van der Waals surface area contributed by atoms with Crippen molar-refractivity contribution in [1.82, 2.24) is 15.2 Å². The Kier molecular flexibility index (Phi) is 2.68. The van der Waals surface area contributed by atoms with Gasteiger partial charge in [0.2, 0.25) is 0 Å². The molecule has 1 aromatic carbocycles. The van der Waals surface area contributed by atoms with Gasteiger partial charge in [-0.05, 0) is 18.2 Å². The molecule has 3 aromatic rings. The van der Waals surface area contributed by atoms with Gasteiger partial charge < -0.3 is 11.5 Å². The lowest BCUT2D eigenvalue weighted by Gasteiger charge is -2.08. The van der Waals surface area contributed by atoms with E-state index in [2.05, 4.69) is 15.2 Å². The lowest BCUT2D eigenvalue weighted by Crippen LogP contribution is -2.01. The first kappa shape index (κ1) is 11.7. The second kappa shape index (κ2) is 4.37. The number of nitrogens with zero attached hydrogens (tertiary/aromatic N) is 3. The fraction of sp³-hybridized carbons (Fsp3) is 0. The lowest BCUT2D eigenvalue weighted by molar-refractivity contribution is 1.05. The molecule has 0 aliphatic heterocycles. The molecule has 2 aromatic heterocycles. The fourth-order valence-corrected chi connectivity index (χ4v) is 2.23. The quantitative estimate of drug-likeness (QED) is 0.710. The smallest absolute Gasteiger partial charge is 0.155 e. The molecular formula is C13H10ClN5. The van der Waals surface area contributed by atoms with Crippen LogP contribution in [0.1, 0.15) is 0 Å². The molecule has 0 bridgehead atoms. The molecule has 19 heavy (non-hydrogen) atoms. The van der Waals surface area contributed by atoms with E-state index in [0.29, 0.717) is 22.1 Å². The average Bonchev–Trinajstić information content (AvgIpc) is 2.42. The van der Waals surface area contributed by atoms with Crippen molar-refractivity contribution in [3.63, 3.8) is 0 Å². The molecule has 0 saturated heterocycles. The third-order valence-electron chi connectivity index (χ3n) is 2.85. The van der Waals surface area contributed by atoms with Gasteiger partial charge in [0.1, 0.15) is 5.82 Å². The van der Waals surface area contributed by atoms with Crippen molar-refractivity contribution in [1.29, 1.82) is 0 Å². The highest BCUT2D eigenvalue weighted by atomic mass is 35.5. The summed E-state index contributed by atoms with van der Waals surface area (Å²) in [6.07, 6.45) is 1.68. The van der Waals surface area contributed by atoms with E-state index < -0.39 is 0 Å². The average molecular weight is 272 g/mol. The Balaban J connectivity index is 2.37. The lowest BCUT2D eigenvalue weighted by atomic mass is 10.0. The zero-order chi connectivity index (χ0) is 13.4. The summed E-state index contributed by atoms with van der Waals surface area (Å²) in [7, 11) is 0. The number of aromatic nitrogens is 3. The summed E-state index contributed by atoms with van der Waals surface area (Å²) in [5.41, 5.74) is 12.9. The molecule has 3 rings (SSSR count). The third-order valence-corrected chi connectivity index (χ3v) is 3.18.